The Hall–Kier alpha value is -3.24. The Morgan fingerprint density at radius 3 is 2.52 bits per heavy atom. The van der Waals surface area contributed by atoms with E-state index in [2.05, 4.69) is 5.10 Å². The van der Waals surface area contributed by atoms with Crippen LogP contribution in [0.2, 0.25) is 0 Å². The molecule has 31 heavy (non-hydrogen) atoms. The minimum absolute atomic E-state index is 0.157. The SMILES string of the molecule is COC(=O)N1c2ccc(-c3cnn(CC(F)(F)F)c3)cc2N(C(=O)OC(C)C)C[C@@H]1C. The maximum atomic E-state index is 12.7. The van der Waals surface area contributed by atoms with Gasteiger partial charge in [0, 0.05) is 11.8 Å². The van der Waals surface area contributed by atoms with Crippen LogP contribution in [0.4, 0.5) is 34.1 Å². The summed E-state index contributed by atoms with van der Waals surface area (Å²) in [6, 6.07) is 4.50. The molecule has 168 valence electrons. The summed E-state index contributed by atoms with van der Waals surface area (Å²) in [7, 11) is 1.26. The summed E-state index contributed by atoms with van der Waals surface area (Å²) in [5, 5.41) is 3.76. The summed E-state index contributed by atoms with van der Waals surface area (Å²) >= 11 is 0. The molecule has 0 unspecified atom stereocenters. The fraction of sp³-hybridized carbons (Fsp3) is 0.450. The molecule has 0 saturated heterocycles. The number of fused-ring (bicyclic) bond motifs is 1. The fourth-order valence-corrected chi connectivity index (χ4v) is 3.40. The molecule has 1 aliphatic heterocycles. The molecular formula is C20H23F3N4O4. The molecule has 0 N–H and O–H groups in total. The standard InChI is InChI=1S/C20H23F3N4O4/c1-12(2)31-18(28)26-9-13(3)27(19(29)30-4)16-6-5-14(7-17(16)26)15-8-24-25(10-15)11-20(21,22)23/h5-8,10,12-13H,9,11H2,1-4H3/t13-/m0/s1. The van der Waals surface area contributed by atoms with Gasteiger partial charge in [-0.2, -0.15) is 18.3 Å². The molecule has 2 amide bonds. The van der Waals surface area contributed by atoms with Crippen LogP contribution in [-0.2, 0) is 16.0 Å². The van der Waals surface area contributed by atoms with Crippen molar-refractivity contribution in [1.82, 2.24) is 9.78 Å². The molecule has 1 aliphatic rings. The number of benzene rings is 1. The molecule has 3 rings (SSSR count). The number of nitrogens with zero attached hydrogens (tertiary/aromatic N) is 4. The number of halogens is 3. The normalized spacial score (nSPS) is 16.3. The zero-order valence-corrected chi connectivity index (χ0v) is 17.5. The van der Waals surface area contributed by atoms with Crippen LogP contribution in [0.15, 0.2) is 30.6 Å². The lowest BCUT2D eigenvalue weighted by Crippen LogP contribution is -2.52. The number of aromatic nitrogens is 2. The van der Waals surface area contributed by atoms with Crippen LogP contribution >= 0.6 is 0 Å². The fourth-order valence-electron chi connectivity index (χ4n) is 3.40. The van der Waals surface area contributed by atoms with Gasteiger partial charge >= 0.3 is 18.4 Å². The van der Waals surface area contributed by atoms with Gasteiger partial charge in [0.1, 0.15) is 6.54 Å². The van der Waals surface area contributed by atoms with Gasteiger partial charge in [0.05, 0.1) is 43.4 Å². The lowest BCUT2D eigenvalue weighted by Gasteiger charge is -2.40. The van der Waals surface area contributed by atoms with Crippen LogP contribution in [0.1, 0.15) is 20.8 Å². The predicted molar refractivity (Wildman–Crippen MR) is 107 cm³/mol. The third-order valence-electron chi connectivity index (χ3n) is 4.65. The molecule has 0 fully saturated rings. The maximum absolute atomic E-state index is 12.7. The number of anilines is 2. The number of carbonyl (C=O) groups is 2. The first-order chi connectivity index (χ1) is 14.5. The summed E-state index contributed by atoms with van der Waals surface area (Å²) in [4.78, 5) is 27.9. The molecule has 0 spiro atoms. The van der Waals surface area contributed by atoms with E-state index in [-0.39, 0.29) is 18.7 Å². The van der Waals surface area contributed by atoms with Crippen molar-refractivity contribution in [3.8, 4) is 11.1 Å². The van der Waals surface area contributed by atoms with Crippen molar-refractivity contribution in [2.24, 2.45) is 0 Å². The van der Waals surface area contributed by atoms with Crippen LogP contribution < -0.4 is 9.80 Å². The third-order valence-corrected chi connectivity index (χ3v) is 4.65. The van der Waals surface area contributed by atoms with Crippen molar-refractivity contribution in [3.05, 3.63) is 30.6 Å². The monoisotopic (exact) mass is 440 g/mol. The van der Waals surface area contributed by atoms with Crippen LogP contribution in [0.5, 0.6) is 0 Å². The number of ether oxygens (including phenoxy) is 2. The highest BCUT2D eigenvalue weighted by Gasteiger charge is 2.36. The van der Waals surface area contributed by atoms with Crippen LogP contribution in [0.25, 0.3) is 11.1 Å². The van der Waals surface area contributed by atoms with E-state index in [1.54, 1.807) is 39.0 Å². The molecule has 1 atom stereocenters. The third kappa shape index (κ3) is 4.92. The van der Waals surface area contributed by atoms with Gasteiger partial charge in [0.25, 0.3) is 0 Å². The second-order valence-corrected chi connectivity index (χ2v) is 7.48. The highest BCUT2D eigenvalue weighted by molar-refractivity contribution is 6.01. The van der Waals surface area contributed by atoms with E-state index in [0.717, 1.165) is 4.68 Å². The number of amides is 2. The van der Waals surface area contributed by atoms with E-state index in [1.807, 2.05) is 0 Å². The van der Waals surface area contributed by atoms with Gasteiger partial charge in [0.2, 0.25) is 0 Å². The zero-order chi connectivity index (χ0) is 22.9. The van der Waals surface area contributed by atoms with Crippen molar-refractivity contribution in [2.45, 2.75) is 45.6 Å². The van der Waals surface area contributed by atoms with Gasteiger partial charge in [-0.1, -0.05) is 6.07 Å². The average molecular weight is 440 g/mol. The molecule has 2 heterocycles. The van der Waals surface area contributed by atoms with Crippen LogP contribution in [0, 0.1) is 0 Å². The van der Waals surface area contributed by atoms with E-state index in [0.29, 0.717) is 22.5 Å². The van der Waals surface area contributed by atoms with Crippen molar-refractivity contribution < 1.29 is 32.2 Å². The predicted octanol–water partition coefficient (Wildman–Crippen LogP) is 4.44. The Morgan fingerprint density at radius 1 is 1.19 bits per heavy atom. The smallest absolute Gasteiger partial charge is 0.414 e. The summed E-state index contributed by atoms with van der Waals surface area (Å²) in [6.45, 7) is 4.16. The molecule has 0 radical (unpaired) electrons. The molecule has 1 aromatic heterocycles. The highest BCUT2D eigenvalue weighted by Crippen LogP contribution is 2.39. The number of rotatable bonds is 3. The van der Waals surface area contributed by atoms with E-state index in [4.69, 9.17) is 9.47 Å². The quantitative estimate of drug-likeness (QED) is 0.705. The van der Waals surface area contributed by atoms with E-state index in [9.17, 15) is 22.8 Å². The molecule has 0 aliphatic carbocycles. The van der Waals surface area contributed by atoms with Crippen LogP contribution in [-0.4, -0.2) is 53.9 Å². The number of hydrogen-bond acceptors (Lipinski definition) is 5. The summed E-state index contributed by atoms with van der Waals surface area (Å²) in [5.41, 5.74) is 1.79. The van der Waals surface area contributed by atoms with Gasteiger partial charge in [-0.3, -0.25) is 14.5 Å². The molecule has 11 heteroatoms. The minimum Gasteiger partial charge on any atom is -0.452 e. The Morgan fingerprint density at radius 2 is 1.90 bits per heavy atom. The first-order valence-electron chi connectivity index (χ1n) is 9.59. The maximum Gasteiger partial charge on any atom is 0.414 e. The zero-order valence-electron chi connectivity index (χ0n) is 17.5. The van der Waals surface area contributed by atoms with E-state index >= 15 is 0 Å². The largest absolute Gasteiger partial charge is 0.452 e. The number of alkyl halides is 3. The lowest BCUT2D eigenvalue weighted by atomic mass is 10.0. The Bertz CT molecular complexity index is 974. The Balaban J connectivity index is 2.04. The van der Waals surface area contributed by atoms with Gasteiger partial charge in [-0.05, 0) is 38.5 Å². The number of carbonyl (C=O) groups excluding carboxylic acids is 2. The van der Waals surface area contributed by atoms with Gasteiger partial charge in [0.15, 0.2) is 0 Å². The highest BCUT2D eigenvalue weighted by atomic mass is 19.4. The molecule has 1 aromatic carbocycles. The van der Waals surface area contributed by atoms with Gasteiger partial charge < -0.3 is 9.47 Å². The second kappa shape index (κ2) is 8.48. The van der Waals surface area contributed by atoms with Crippen molar-refractivity contribution in [1.29, 1.82) is 0 Å². The van der Waals surface area contributed by atoms with Gasteiger partial charge in [-0.25, -0.2) is 9.59 Å². The molecule has 0 bridgehead atoms. The first kappa shape index (κ1) is 22.4. The Kier molecular flexibility index (Phi) is 6.14. The molecule has 2 aromatic rings. The minimum atomic E-state index is -4.40. The van der Waals surface area contributed by atoms with Gasteiger partial charge in [-0.15, -0.1) is 0 Å². The molecule has 8 nitrogen and oxygen atoms in total. The second-order valence-electron chi connectivity index (χ2n) is 7.48. The van der Waals surface area contributed by atoms with Crippen molar-refractivity contribution >= 4 is 23.6 Å². The summed E-state index contributed by atoms with van der Waals surface area (Å²) in [6.07, 6.45) is -3.33. The molecule has 0 saturated carbocycles. The van der Waals surface area contributed by atoms with E-state index < -0.39 is 24.9 Å². The van der Waals surface area contributed by atoms with Crippen molar-refractivity contribution in [2.75, 3.05) is 23.5 Å². The summed E-state index contributed by atoms with van der Waals surface area (Å²) < 4.78 is 48.9. The topological polar surface area (TPSA) is 76.9 Å². The lowest BCUT2D eigenvalue weighted by molar-refractivity contribution is -0.142. The van der Waals surface area contributed by atoms with E-state index in [1.165, 1.54) is 29.3 Å². The first-order valence-corrected chi connectivity index (χ1v) is 9.59. The number of hydrogen-bond donors (Lipinski definition) is 0. The summed E-state index contributed by atoms with van der Waals surface area (Å²) in [5.74, 6) is 0. The molecular weight excluding hydrogens is 417 g/mol. The Labute approximate surface area is 177 Å². The van der Waals surface area contributed by atoms with Crippen LogP contribution in [0.3, 0.4) is 0 Å². The van der Waals surface area contributed by atoms with Crippen molar-refractivity contribution in [3.63, 3.8) is 0 Å². The number of methoxy groups -OCH3 is 1. The average Bonchev–Trinajstić information content (AvgIpc) is 3.12.